The van der Waals surface area contributed by atoms with Gasteiger partial charge in [-0.2, -0.15) is 0 Å². The average Bonchev–Trinajstić information content (AvgIpc) is 2.66. The summed E-state index contributed by atoms with van der Waals surface area (Å²) in [6.07, 6.45) is 1.25. The molecule has 0 atom stereocenters. The molecule has 0 unspecified atom stereocenters. The lowest BCUT2D eigenvalue weighted by Crippen LogP contribution is -2.34. The zero-order valence-electron chi connectivity index (χ0n) is 15.0. The first-order valence-corrected chi connectivity index (χ1v) is 9.50. The van der Waals surface area contributed by atoms with Gasteiger partial charge in [0, 0.05) is 40.8 Å². The van der Waals surface area contributed by atoms with Crippen LogP contribution in [0.3, 0.4) is 0 Å². The van der Waals surface area contributed by atoms with Crippen molar-refractivity contribution in [1.29, 1.82) is 0 Å². The monoisotopic (exact) mass is 431 g/mol. The molecule has 0 aliphatic carbocycles. The molecule has 2 aromatic carbocycles. The fourth-order valence-corrected chi connectivity index (χ4v) is 2.58. The maximum Gasteiger partial charge on any atom is 0.251 e. The van der Waals surface area contributed by atoms with Crippen LogP contribution in [0.25, 0.3) is 0 Å². The second kappa shape index (κ2) is 10.5. The number of anilines is 1. The molecule has 0 aliphatic heterocycles. The summed E-state index contributed by atoms with van der Waals surface area (Å²) in [6.45, 7) is 2.58. The van der Waals surface area contributed by atoms with Gasteiger partial charge in [0.25, 0.3) is 11.8 Å². The molecule has 0 spiro atoms. The molecule has 2 rings (SSSR count). The van der Waals surface area contributed by atoms with Gasteiger partial charge in [-0.25, -0.2) is 0 Å². The van der Waals surface area contributed by atoms with Crippen molar-refractivity contribution in [3.63, 3.8) is 0 Å². The summed E-state index contributed by atoms with van der Waals surface area (Å²) < 4.78 is 0.905. The molecule has 0 radical (unpaired) electrons. The SMILES string of the molecule is CCCC(=O)Nc1ccc(C(=O)NCCNC(=O)c2ccc(Br)cc2)cc1. The van der Waals surface area contributed by atoms with Gasteiger partial charge in [0.1, 0.15) is 0 Å². The lowest BCUT2D eigenvalue weighted by molar-refractivity contribution is -0.116. The number of carbonyl (C=O) groups is 3. The van der Waals surface area contributed by atoms with E-state index in [0.717, 1.165) is 10.9 Å². The third-order valence-corrected chi connectivity index (χ3v) is 4.24. The van der Waals surface area contributed by atoms with E-state index >= 15 is 0 Å². The summed E-state index contributed by atoms with van der Waals surface area (Å²) >= 11 is 3.32. The summed E-state index contributed by atoms with van der Waals surface area (Å²) in [4.78, 5) is 35.6. The number of amides is 3. The number of halogens is 1. The predicted molar refractivity (Wildman–Crippen MR) is 109 cm³/mol. The van der Waals surface area contributed by atoms with Gasteiger partial charge < -0.3 is 16.0 Å². The number of rotatable bonds is 8. The number of carbonyl (C=O) groups excluding carboxylic acids is 3. The maximum atomic E-state index is 12.1. The second-order valence-electron chi connectivity index (χ2n) is 5.89. The van der Waals surface area contributed by atoms with Crippen molar-refractivity contribution < 1.29 is 14.4 Å². The molecule has 142 valence electrons. The van der Waals surface area contributed by atoms with E-state index in [1.165, 1.54) is 0 Å². The Bertz CT molecular complexity index is 789. The van der Waals surface area contributed by atoms with Gasteiger partial charge in [0.05, 0.1) is 0 Å². The molecule has 7 heteroatoms. The molecule has 0 fully saturated rings. The Morgan fingerprint density at radius 2 is 1.30 bits per heavy atom. The van der Waals surface area contributed by atoms with Crippen molar-refractivity contribution in [2.45, 2.75) is 19.8 Å². The van der Waals surface area contributed by atoms with Crippen molar-refractivity contribution in [1.82, 2.24) is 10.6 Å². The van der Waals surface area contributed by atoms with Gasteiger partial charge in [0.2, 0.25) is 5.91 Å². The van der Waals surface area contributed by atoms with Crippen molar-refractivity contribution in [3.8, 4) is 0 Å². The molecule has 0 bridgehead atoms. The Morgan fingerprint density at radius 3 is 1.78 bits per heavy atom. The largest absolute Gasteiger partial charge is 0.350 e. The van der Waals surface area contributed by atoms with E-state index in [-0.39, 0.29) is 17.7 Å². The highest BCUT2D eigenvalue weighted by atomic mass is 79.9. The van der Waals surface area contributed by atoms with Crippen LogP contribution in [0, 0.1) is 0 Å². The van der Waals surface area contributed by atoms with Crippen molar-refractivity contribution in [3.05, 3.63) is 64.1 Å². The van der Waals surface area contributed by atoms with E-state index in [0.29, 0.717) is 36.3 Å². The van der Waals surface area contributed by atoms with Crippen LogP contribution >= 0.6 is 15.9 Å². The lowest BCUT2D eigenvalue weighted by atomic mass is 10.2. The van der Waals surface area contributed by atoms with E-state index < -0.39 is 0 Å². The molecule has 0 heterocycles. The maximum absolute atomic E-state index is 12.1. The zero-order valence-corrected chi connectivity index (χ0v) is 16.6. The minimum absolute atomic E-state index is 0.0452. The number of benzene rings is 2. The first-order valence-electron chi connectivity index (χ1n) is 8.71. The van der Waals surface area contributed by atoms with E-state index in [1.54, 1.807) is 48.5 Å². The molecular formula is C20H22BrN3O3. The Morgan fingerprint density at radius 1 is 0.815 bits per heavy atom. The van der Waals surface area contributed by atoms with E-state index in [1.807, 2.05) is 6.92 Å². The van der Waals surface area contributed by atoms with E-state index in [9.17, 15) is 14.4 Å². The van der Waals surface area contributed by atoms with Crippen LogP contribution < -0.4 is 16.0 Å². The number of hydrogen-bond donors (Lipinski definition) is 3. The highest BCUT2D eigenvalue weighted by Crippen LogP contribution is 2.11. The molecule has 0 saturated heterocycles. The smallest absolute Gasteiger partial charge is 0.251 e. The molecule has 6 nitrogen and oxygen atoms in total. The summed E-state index contributed by atoms with van der Waals surface area (Å²) in [7, 11) is 0. The van der Waals surface area contributed by atoms with E-state index in [2.05, 4.69) is 31.9 Å². The third kappa shape index (κ3) is 6.86. The molecule has 2 aromatic rings. The highest BCUT2D eigenvalue weighted by molar-refractivity contribution is 9.10. The zero-order chi connectivity index (χ0) is 19.6. The fourth-order valence-electron chi connectivity index (χ4n) is 2.31. The van der Waals surface area contributed by atoms with Crippen LogP contribution in [0.2, 0.25) is 0 Å². The van der Waals surface area contributed by atoms with Crippen LogP contribution in [0.1, 0.15) is 40.5 Å². The lowest BCUT2D eigenvalue weighted by Gasteiger charge is -2.08. The quantitative estimate of drug-likeness (QED) is 0.560. The summed E-state index contributed by atoms with van der Waals surface area (Å²) in [5, 5.41) is 8.27. The Labute approximate surface area is 166 Å². The predicted octanol–water partition coefficient (Wildman–Crippen LogP) is 3.35. The molecule has 0 saturated carbocycles. The van der Waals surface area contributed by atoms with Crippen LogP contribution in [0.4, 0.5) is 5.69 Å². The minimum atomic E-state index is -0.237. The van der Waals surface area contributed by atoms with Gasteiger partial charge in [0.15, 0.2) is 0 Å². The Kier molecular flexibility index (Phi) is 8.00. The van der Waals surface area contributed by atoms with Crippen molar-refractivity contribution in [2.75, 3.05) is 18.4 Å². The van der Waals surface area contributed by atoms with Gasteiger partial charge in [-0.15, -0.1) is 0 Å². The van der Waals surface area contributed by atoms with Crippen molar-refractivity contribution >= 4 is 39.3 Å². The molecule has 0 aliphatic rings. The topological polar surface area (TPSA) is 87.3 Å². The third-order valence-electron chi connectivity index (χ3n) is 3.71. The average molecular weight is 432 g/mol. The Balaban J connectivity index is 1.74. The van der Waals surface area contributed by atoms with E-state index in [4.69, 9.17) is 0 Å². The second-order valence-corrected chi connectivity index (χ2v) is 6.81. The van der Waals surface area contributed by atoms with Gasteiger partial charge >= 0.3 is 0 Å². The van der Waals surface area contributed by atoms with Gasteiger partial charge in [-0.05, 0) is 55.0 Å². The van der Waals surface area contributed by atoms with Crippen LogP contribution in [0.15, 0.2) is 53.0 Å². The van der Waals surface area contributed by atoms with Gasteiger partial charge in [-0.1, -0.05) is 22.9 Å². The van der Waals surface area contributed by atoms with Crippen LogP contribution in [-0.4, -0.2) is 30.8 Å². The van der Waals surface area contributed by atoms with Gasteiger partial charge in [-0.3, -0.25) is 14.4 Å². The molecule has 0 aromatic heterocycles. The fraction of sp³-hybridized carbons (Fsp3) is 0.250. The molecule has 27 heavy (non-hydrogen) atoms. The Hall–Kier alpha value is -2.67. The number of hydrogen-bond acceptors (Lipinski definition) is 3. The van der Waals surface area contributed by atoms with Crippen LogP contribution in [0.5, 0.6) is 0 Å². The molecular weight excluding hydrogens is 410 g/mol. The standard InChI is InChI=1S/C20H22BrN3O3/c1-2-3-18(25)24-17-10-6-15(7-11-17)20(27)23-13-12-22-19(26)14-4-8-16(21)9-5-14/h4-11H,2-3,12-13H2,1H3,(H,22,26)(H,23,27)(H,24,25). The molecule has 3 N–H and O–H groups in total. The number of nitrogens with one attached hydrogen (secondary N) is 3. The minimum Gasteiger partial charge on any atom is -0.350 e. The highest BCUT2D eigenvalue weighted by Gasteiger charge is 2.07. The first kappa shape index (κ1) is 20.6. The van der Waals surface area contributed by atoms with Crippen LogP contribution in [-0.2, 0) is 4.79 Å². The summed E-state index contributed by atoms with van der Waals surface area (Å²) in [5.41, 5.74) is 1.71. The summed E-state index contributed by atoms with van der Waals surface area (Å²) in [6, 6.07) is 13.7. The van der Waals surface area contributed by atoms with Crippen molar-refractivity contribution in [2.24, 2.45) is 0 Å². The summed E-state index contributed by atoms with van der Waals surface area (Å²) in [5.74, 6) is -0.473. The first-order chi connectivity index (χ1) is 13.0. The molecule has 3 amide bonds. The normalized spacial score (nSPS) is 10.1.